The van der Waals surface area contributed by atoms with Gasteiger partial charge in [0.1, 0.15) is 0 Å². The van der Waals surface area contributed by atoms with Crippen molar-refractivity contribution in [1.29, 1.82) is 0 Å². The van der Waals surface area contributed by atoms with Gasteiger partial charge in [0.25, 0.3) is 0 Å². The quantitative estimate of drug-likeness (QED) is 0.834. The molecular weight excluding hydrogens is 288 g/mol. The summed E-state index contributed by atoms with van der Waals surface area (Å²) in [6.45, 7) is 4.33. The highest BCUT2D eigenvalue weighted by atomic mass is 16.5. The smallest absolute Gasteiger partial charge is 0.225 e. The molecule has 1 spiro atoms. The summed E-state index contributed by atoms with van der Waals surface area (Å²) in [7, 11) is 1.84. The van der Waals surface area contributed by atoms with Crippen LogP contribution in [0, 0.1) is 5.92 Å². The number of anilines is 1. The molecule has 5 heteroatoms. The normalized spacial score (nSPS) is 27.7. The highest BCUT2D eigenvalue weighted by Crippen LogP contribution is 2.44. The van der Waals surface area contributed by atoms with Crippen LogP contribution in [0.15, 0.2) is 18.5 Å². The maximum Gasteiger partial charge on any atom is 0.225 e. The molecule has 2 aliphatic heterocycles. The van der Waals surface area contributed by atoms with Gasteiger partial charge < -0.3 is 9.64 Å². The monoisotopic (exact) mass is 316 g/mol. The second-order valence-corrected chi connectivity index (χ2v) is 7.50. The highest BCUT2D eigenvalue weighted by molar-refractivity contribution is 5.30. The molecule has 2 saturated heterocycles. The molecule has 0 amide bonds. The zero-order valence-electron chi connectivity index (χ0n) is 14.2. The lowest BCUT2D eigenvalue weighted by atomic mass is 9.85. The first kappa shape index (κ1) is 15.3. The summed E-state index contributed by atoms with van der Waals surface area (Å²) in [5.41, 5.74) is 0.400. The van der Waals surface area contributed by atoms with Crippen molar-refractivity contribution in [2.45, 2.75) is 50.1 Å². The van der Waals surface area contributed by atoms with Gasteiger partial charge in [0.2, 0.25) is 5.95 Å². The minimum Gasteiger partial charge on any atom is -0.383 e. The Bertz CT molecular complexity index is 511. The first-order valence-corrected chi connectivity index (χ1v) is 9.08. The Morgan fingerprint density at radius 1 is 1.13 bits per heavy atom. The predicted molar refractivity (Wildman–Crippen MR) is 90.5 cm³/mol. The van der Waals surface area contributed by atoms with Crippen molar-refractivity contribution in [1.82, 2.24) is 14.9 Å². The Morgan fingerprint density at radius 2 is 1.87 bits per heavy atom. The third kappa shape index (κ3) is 3.09. The van der Waals surface area contributed by atoms with Crippen LogP contribution in [0.4, 0.5) is 5.95 Å². The topological polar surface area (TPSA) is 41.5 Å². The van der Waals surface area contributed by atoms with Gasteiger partial charge in [-0.15, -0.1) is 0 Å². The number of hydrogen-bond acceptors (Lipinski definition) is 5. The third-order valence-electron chi connectivity index (χ3n) is 6.03. The number of aromatic nitrogens is 2. The zero-order chi connectivity index (χ0) is 15.7. The molecule has 1 aromatic heterocycles. The van der Waals surface area contributed by atoms with Gasteiger partial charge in [0.05, 0.1) is 6.61 Å². The fourth-order valence-electron chi connectivity index (χ4n) is 4.52. The van der Waals surface area contributed by atoms with Gasteiger partial charge in [-0.05, 0) is 50.5 Å². The molecule has 1 unspecified atom stereocenters. The molecule has 23 heavy (non-hydrogen) atoms. The molecule has 0 N–H and O–H groups in total. The fraction of sp³-hybridized carbons (Fsp3) is 0.778. The van der Waals surface area contributed by atoms with Crippen LogP contribution < -0.4 is 4.90 Å². The minimum atomic E-state index is 0.400. The third-order valence-corrected chi connectivity index (χ3v) is 6.03. The Kier molecular flexibility index (Phi) is 4.24. The summed E-state index contributed by atoms with van der Waals surface area (Å²) in [5, 5.41) is 0. The van der Waals surface area contributed by atoms with Crippen molar-refractivity contribution in [2.24, 2.45) is 5.92 Å². The van der Waals surface area contributed by atoms with Crippen molar-refractivity contribution < 1.29 is 4.74 Å². The van der Waals surface area contributed by atoms with Crippen LogP contribution in [-0.4, -0.2) is 59.8 Å². The maximum atomic E-state index is 5.51. The average Bonchev–Trinajstić information content (AvgIpc) is 3.37. The molecule has 1 saturated carbocycles. The second kappa shape index (κ2) is 6.36. The van der Waals surface area contributed by atoms with E-state index in [9.17, 15) is 0 Å². The van der Waals surface area contributed by atoms with Gasteiger partial charge >= 0.3 is 0 Å². The van der Waals surface area contributed by atoms with E-state index in [1.165, 1.54) is 45.1 Å². The Hall–Kier alpha value is -1.20. The van der Waals surface area contributed by atoms with Gasteiger partial charge in [-0.3, -0.25) is 4.90 Å². The SMILES string of the molecule is COCC1CCC2(CCN(c3ncccn3)CC2)N1CC1CC1. The lowest BCUT2D eigenvalue weighted by Gasteiger charge is -2.46. The van der Waals surface area contributed by atoms with E-state index in [1.807, 2.05) is 25.6 Å². The van der Waals surface area contributed by atoms with Crippen molar-refractivity contribution in [3.05, 3.63) is 18.5 Å². The summed E-state index contributed by atoms with van der Waals surface area (Å²) < 4.78 is 5.51. The van der Waals surface area contributed by atoms with Crippen LogP contribution in [0.5, 0.6) is 0 Å². The van der Waals surface area contributed by atoms with E-state index in [0.717, 1.165) is 31.6 Å². The number of nitrogens with zero attached hydrogens (tertiary/aromatic N) is 4. The van der Waals surface area contributed by atoms with E-state index in [4.69, 9.17) is 4.74 Å². The van der Waals surface area contributed by atoms with E-state index < -0.39 is 0 Å². The van der Waals surface area contributed by atoms with Crippen molar-refractivity contribution >= 4 is 5.95 Å². The highest BCUT2D eigenvalue weighted by Gasteiger charge is 2.49. The molecule has 1 aromatic rings. The number of piperidine rings is 1. The van der Waals surface area contributed by atoms with Gasteiger partial charge in [0.15, 0.2) is 0 Å². The first-order chi connectivity index (χ1) is 11.3. The van der Waals surface area contributed by atoms with Crippen LogP contribution in [-0.2, 0) is 4.74 Å². The van der Waals surface area contributed by atoms with E-state index in [2.05, 4.69) is 19.8 Å². The maximum absolute atomic E-state index is 5.51. The molecule has 3 fully saturated rings. The molecule has 126 valence electrons. The second-order valence-electron chi connectivity index (χ2n) is 7.50. The Morgan fingerprint density at radius 3 is 2.52 bits per heavy atom. The van der Waals surface area contributed by atoms with Crippen molar-refractivity contribution in [2.75, 3.05) is 38.3 Å². The number of rotatable bonds is 5. The lowest BCUT2D eigenvalue weighted by Crippen LogP contribution is -2.55. The van der Waals surface area contributed by atoms with E-state index in [0.29, 0.717) is 11.6 Å². The summed E-state index contributed by atoms with van der Waals surface area (Å²) >= 11 is 0. The summed E-state index contributed by atoms with van der Waals surface area (Å²) in [6.07, 6.45) is 11.6. The van der Waals surface area contributed by atoms with E-state index in [1.54, 1.807) is 0 Å². The molecular formula is C18H28N4O. The fourth-order valence-corrected chi connectivity index (χ4v) is 4.52. The molecule has 1 atom stereocenters. The van der Waals surface area contributed by atoms with E-state index >= 15 is 0 Å². The largest absolute Gasteiger partial charge is 0.383 e. The van der Waals surface area contributed by atoms with Crippen LogP contribution in [0.3, 0.4) is 0 Å². The molecule has 3 aliphatic rings. The van der Waals surface area contributed by atoms with Crippen molar-refractivity contribution in [3.8, 4) is 0 Å². The van der Waals surface area contributed by atoms with Crippen LogP contribution in [0.25, 0.3) is 0 Å². The van der Waals surface area contributed by atoms with Crippen LogP contribution in [0.1, 0.15) is 38.5 Å². The lowest BCUT2D eigenvalue weighted by molar-refractivity contribution is 0.0344. The standard InChI is InChI=1S/C18H28N4O/c1-23-14-16-5-6-18(22(16)13-15-3-4-15)7-11-21(12-8-18)17-19-9-2-10-20-17/h2,9-10,15-16H,3-8,11-14H2,1H3. The number of ether oxygens (including phenoxy) is 1. The van der Waals surface area contributed by atoms with Gasteiger partial charge in [-0.2, -0.15) is 0 Å². The van der Waals surface area contributed by atoms with Gasteiger partial charge in [-0.1, -0.05) is 0 Å². The Balaban J connectivity index is 1.45. The number of likely N-dealkylation sites (tertiary alicyclic amines) is 1. The zero-order valence-corrected chi connectivity index (χ0v) is 14.2. The van der Waals surface area contributed by atoms with Crippen molar-refractivity contribution in [3.63, 3.8) is 0 Å². The molecule has 1 aliphatic carbocycles. The van der Waals surface area contributed by atoms with E-state index in [-0.39, 0.29) is 0 Å². The Labute approximate surface area is 139 Å². The molecule has 0 radical (unpaired) electrons. The summed E-state index contributed by atoms with van der Waals surface area (Å²) in [4.78, 5) is 14.0. The molecule has 0 aromatic carbocycles. The number of hydrogen-bond donors (Lipinski definition) is 0. The molecule has 3 heterocycles. The van der Waals surface area contributed by atoms with Crippen LogP contribution >= 0.6 is 0 Å². The summed E-state index contributed by atoms with van der Waals surface area (Å²) in [6, 6.07) is 2.51. The minimum absolute atomic E-state index is 0.400. The molecule has 4 rings (SSSR count). The van der Waals surface area contributed by atoms with Gasteiger partial charge in [0, 0.05) is 50.7 Å². The average molecular weight is 316 g/mol. The van der Waals surface area contributed by atoms with Crippen LogP contribution in [0.2, 0.25) is 0 Å². The first-order valence-electron chi connectivity index (χ1n) is 9.08. The number of methoxy groups -OCH3 is 1. The van der Waals surface area contributed by atoms with Gasteiger partial charge in [-0.25, -0.2) is 9.97 Å². The summed E-state index contributed by atoms with van der Waals surface area (Å²) in [5.74, 6) is 1.84. The molecule has 5 nitrogen and oxygen atoms in total. The predicted octanol–water partition coefficient (Wildman–Crippen LogP) is 2.34. The molecule has 0 bridgehead atoms.